The number of ether oxygens (including phenoxy) is 1. The Balaban J connectivity index is 1.65. The minimum atomic E-state index is -4.63. The molecule has 0 spiro atoms. The van der Waals surface area contributed by atoms with Crippen LogP contribution < -0.4 is 0 Å². The molecule has 1 fully saturated rings. The van der Waals surface area contributed by atoms with Crippen LogP contribution in [0.4, 0.5) is 13.2 Å². The third-order valence-corrected chi connectivity index (χ3v) is 3.84. The molecule has 3 rings (SSSR count). The summed E-state index contributed by atoms with van der Waals surface area (Å²) < 4.78 is 42.4. The molecule has 1 aliphatic heterocycles. The first-order valence-corrected chi connectivity index (χ1v) is 7.41. The fourth-order valence-electron chi connectivity index (χ4n) is 2.68. The van der Waals surface area contributed by atoms with Crippen LogP contribution in [0.15, 0.2) is 36.9 Å². The maximum atomic E-state index is 12.5. The van der Waals surface area contributed by atoms with Gasteiger partial charge < -0.3 is 4.90 Å². The second-order valence-electron chi connectivity index (χ2n) is 5.47. The number of carbonyl (C=O) groups is 1. The molecule has 1 saturated heterocycles. The van der Waals surface area contributed by atoms with Crippen LogP contribution in [0.1, 0.15) is 23.2 Å². The van der Waals surface area contributed by atoms with E-state index in [9.17, 15) is 18.0 Å². The predicted octanol–water partition coefficient (Wildman–Crippen LogP) is 2.41. The Labute approximate surface area is 135 Å². The summed E-state index contributed by atoms with van der Waals surface area (Å²) in [6.07, 6.45) is -2.17. The van der Waals surface area contributed by atoms with Crippen molar-refractivity contribution in [1.82, 2.24) is 19.7 Å². The van der Waals surface area contributed by atoms with Crippen LogP contribution in [-0.2, 0) is 4.74 Å². The fourth-order valence-corrected chi connectivity index (χ4v) is 2.68. The van der Waals surface area contributed by atoms with E-state index in [0.29, 0.717) is 5.56 Å². The van der Waals surface area contributed by atoms with Crippen LogP contribution in [0.25, 0.3) is 5.69 Å². The van der Waals surface area contributed by atoms with Crippen molar-refractivity contribution < 1.29 is 22.7 Å². The van der Waals surface area contributed by atoms with Crippen molar-refractivity contribution in [2.75, 3.05) is 13.1 Å². The Morgan fingerprint density at radius 1 is 1.17 bits per heavy atom. The average molecular weight is 340 g/mol. The van der Waals surface area contributed by atoms with Crippen LogP contribution in [0.3, 0.4) is 0 Å². The number of carbonyl (C=O) groups excluding carboxylic acids is 1. The molecule has 0 unspecified atom stereocenters. The second-order valence-corrected chi connectivity index (χ2v) is 5.47. The zero-order valence-corrected chi connectivity index (χ0v) is 12.6. The van der Waals surface area contributed by atoms with E-state index in [-0.39, 0.29) is 31.8 Å². The van der Waals surface area contributed by atoms with Crippen molar-refractivity contribution in [3.05, 3.63) is 42.5 Å². The van der Waals surface area contributed by atoms with Crippen molar-refractivity contribution in [3.8, 4) is 5.69 Å². The number of halogens is 3. The van der Waals surface area contributed by atoms with Gasteiger partial charge in [-0.25, -0.2) is 0 Å². The normalized spacial score (nSPS) is 16.4. The number of piperidine rings is 1. The lowest BCUT2D eigenvalue weighted by Crippen LogP contribution is -2.42. The van der Waals surface area contributed by atoms with E-state index in [0.717, 1.165) is 5.69 Å². The van der Waals surface area contributed by atoms with Gasteiger partial charge in [0.15, 0.2) is 0 Å². The zero-order valence-electron chi connectivity index (χ0n) is 12.6. The Kier molecular flexibility index (Phi) is 4.52. The maximum absolute atomic E-state index is 12.5. The zero-order chi connectivity index (χ0) is 17.2. The lowest BCUT2D eigenvalue weighted by Gasteiger charge is -2.32. The summed E-state index contributed by atoms with van der Waals surface area (Å²) >= 11 is 0. The summed E-state index contributed by atoms with van der Waals surface area (Å²) in [5.74, 6) is -0.213. The molecule has 0 N–H and O–H groups in total. The van der Waals surface area contributed by atoms with Gasteiger partial charge in [-0.05, 0) is 31.0 Å². The first-order valence-electron chi connectivity index (χ1n) is 7.41. The molecule has 128 valence electrons. The highest BCUT2D eigenvalue weighted by Gasteiger charge is 2.35. The number of nitrogens with zero attached hydrogens (tertiary/aromatic N) is 4. The quantitative estimate of drug-likeness (QED) is 0.861. The molecule has 1 aliphatic rings. The molecule has 24 heavy (non-hydrogen) atoms. The van der Waals surface area contributed by atoms with E-state index >= 15 is 0 Å². The maximum Gasteiger partial charge on any atom is 0.522 e. The molecule has 6 nitrogen and oxygen atoms in total. The number of rotatable bonds is 3. The number of hydrogen-bond acceptors (Lipinski definition) is 4. The van der Waals surface area contributed by atoms with Gasteiger partial charge >= 0.3 is 6.36 Å². The van der Waals surface area contributed by atoms with Crippen LogP contribution in [-0.4, -0.2) is 51.1 Å². The van der Waals surface area contributed by atoms with Gasteiger partial charge in [0.1, 0.15) is 12.7 Å². The highest BCUT2D eigenvalue weighted by Crippen LogP contribution is 2.25. The minimum absolute atomic E-state index is 0.163. The number of alkyl halides is 3. The first-order chi connectivity index (χ1) is 11.4. The standard InChI is InChI=1S/C15H15F3N4O2/c16-15(17,18)24-13-4-6-21(7-5-13)14(23)11-2-1-3-12(8-11)22-9-19-20-10-22/h1-3,8-10,13H,4-7H2. The van der Waals surface area contributed by atoms with E-state index < -0.39 is 12.5 Å². The highest BCUT2D eigenvalue weighted by atomic mass is 19.4. The van der Waals surface area contributed by atoms with Gasteiger partial charge in [0, 0.05) is 24.3 Å². The topological polar surface area (TPSA) is 60.2 Å². The molecule has 0 atom stereocenters. The molecule has 9 heteroatoms. The van der Waals surface area contributed by atoms with Gasteiger partial charge in [-0.1, -0.05) is 6.07 Å². The van der Waals surface area contributed by atoms with E-state index in [1.807, 2.05) is 6.07 Å². The van der Waals surface area contributed by atoms with Gasteiger partial charge in [-0.15, -0.1) is 23.4 Å². The van der Waals surface area contributed by atoms with Crippen molar-refractivity contribution in [1.29, 1.82) is 0 Å². The van der Waals surface area contributed by atoms with Crippen molar-refractivity contribution in [3.63, 3.8) is 0 Å². The van der Waals surface area contributed by atoms with Gasteiger partial charge in [0.25, 0.3) is 5.91 Å². The van der Waals surface area contributed by atoms with Gasteiger partial charge in [-0.3, -0.25) is 14.1 Å². The SMILES string of the molecule is O=C(c1cccc(-n2cnnc2)c1)N1CCC(OC(F)(F)F)CC1. The van der Waals surface area contributed by atoms with Gasteiger partial charge in [0.05, 0.1) is 6.10 Å². The van der Waals surface area contributed by atoms with Crippen molar-refractivity contribution in [2.45, 2.75) is 25.3 Å². The number of hydrogen-bond donors (Lipinski definition) is 0. The molecule has 0 saturated carbocycles. The summed E-state index contributed by atoms with van der Waals surface area (Å²) in [6, 6.07) is 6.92. The molecular formula is C15H15F3N4O2. The molecule has 1 aromatic carbocycles. The third-order valence-electron chi connectivity index (χ3n) is 3.84. The Hall–Kier alpha value is -2.42. The number of aromatic nitrogens is 3. The summed E-state index contributed by atoms with van der Waals surface area (Å²) in [7, 11) is 0. The lowest BCUT2D eigenvalue weighted by atomic mass is 10.1. The monoisotopic (exact) mass is 340 g/mol. The molecule has 0 aliphatic carbocycles. The minimum Gasteiger partial charge on any atom is -0.338 e. The number of benzene rings is 1. The predicted molar refractivity (Wildman–Crippen MR) is 77.4 cm³/mol. The molecular weight excluding hydrogens is 325 g/mol. The first kappa shape index (κ1) is 16.4. The smallest absolute Gasteiger partial charge is 0.338 e. The molecule has 1 amide bonds. The lowest BCUT2D eigenvalue weighted by molar-refractivity contribution is -0.345. The van der Waals surface area contributed by atoms with Gasteiger partial charge in [0.2, 0.25) is 0 Å². The average Bonchev–Trinajstić information content (AvgIpc) is 3.08. The fraction of sp³-hybridized carbons (Fsp3) is 0.400. The van der Waals surface area contributed by atoms with Crippen molar-refractivity contribution in [2.24, 2.45) is 0 Å². The molecule has 2 heterocycles. The van der Waals surface area contributed by atoms with Crippen LogP contribution >= 0.6 is 0 Å². The summed E-state index contributed by atoms with van der Waals surface area (Å²) in [5.41, 5.74) is 1.21. The largest absolute Gasteiger partial charge is 0.522 e. The van der Waals surface area contributed by atoms with E-state index in [4.69, 9.17) is 0 Å². The molecule has 0 bridgehead atoms. The van der Waals surface area contributed by atoms with E-state index in [1.54, 1.807) is 27.7 Å². The van der Waals surface area contributed by atoms with Crippen LogP contribution in [0.2, 0.25) is 0 Å². The Bertz CT molecular complexity index is 695. The molecule has 2 aromatic rings. The van der Waals surface area contributed by atoms with Crippen LogP contribution in [0.5, 0.6) is 0 Å². The summed E-state index contributed by atoms with van der Waals surface area (Å²) in [5, 5.41) is 7.42. The summed E-state index contributed by atoms with van der Waals surface area (Å²) in [6.45, 7) is 0.465. The molecule has 0 radical (unpaired) electrons. The number of amides is 1. The summed E-state index contributed by atoms with van der Waals surface area (Å²) in [4.78, 5) is 14.1. The van der Waals surface area contributed by atoms with E-state index in [1.165, 1.54) is 12.7 Å². The molecule has 1 aromatic heterocycles. The van der Waals surface area contributed by atoms with E-state index in [2.05, 4.69) is 14.9 Å². The number of likely N-dealkylation sites (tertiary alicyclic amines) is 1. The van der Waals surface area contributed by atoms with Crippen molar-refractivity contribution >= 4 is 5.91 Å². The Morgan fingerprint density at radius 2 is 1.83 bits per heavy atom. The second kappa shape index (κ2) is 6.60. The van der Waals surface area contributed by atoms with Gasteiger partial charge in [-0.2, -0.15) is 0 Å². The Morgan fingerprint density at radius 3 is 2.46 bits per heavy atom. The highest BCUT2D eigenvalue weighted by molar-refractivity contribution is 5.94. The van der Waals surface area contributed by atoms with Crippen LogP contribution in [0, 0.1) is 0 Å². The third kappa shape index (κ3) is 3.91.